The fraction of sp³-hybridized carbons (Fsp3) is 0.281. The van der Waals surface area contributed by atoms with E-state index >= 15 is 0 Å². The molecule has 9 heteroatoms. The Morgan fingerprint density at radius 1 is 0.878 bits per heavy atom. The predicted octanol–water partition coefficient (Wildman–Crippen LogP) is 6.01. The minimum Gasteiger partial charge on any atom is -0.489 e. The number of amides is 1. The average Bonchev–Trinajstić information content (AvgIpc) is 3.32. The number of aromatic nitrogens is 1. The summed E-state index contributed by atoms with van der Waals surface area (Å²) in [5, 5.41) is 3.28. The Labute approximate surface area is 239 Å². The number of carbonyl (C=O) groups excluding carboxylic acids is 3. The van der Waals surface area contributed by atoms with E-state index in [9.17, 15) is 14.4 Å². The molecule has 0 aliphatic carbocycles. The Hall–Kier alpha value is -4.79. The molecule has 9 nitrogen and oxygen atoms in total. The number of fused-ring (bicyclic) bond motifs is 1. The molecule has 0 bridgehead atoms. The molecule has 1 atom stereocenters. The normalized spacial score (nSPS) is 11.9. The quantitative estimate of drug-likeness (QED) is 0.198. The van der Waals surface area contributed by atoms with Crippen molar-refractivity contribution in [2.45, 2.75) is 52.0 Å². The summed E-state index contributed by atoms with van der Waals surface area (Å²) < 4.78 is 23.2. The number of hydrogen-bond acceptors (Lipinski definition) is 7. The lowest BCUT2D eigenvalue weighted by Crippen LogP contribution is -2.43. The molecule has 0 aliphatic heterocycles. The molecule has 1 aromatic heterocycles. The van der Waals surface area contributed by atoms with Crippen LogP contribution < -0.4 is 10.1 Å². The number of hydrogen-bond donors (Lipinski definition) is 1. The van der Waals surface area contributed by atoms with Crippen molar-refractivity contribution in [1.82, 2.24) is 9.88 Å². The second-order valence-corrected chi connectivity index (χ2v) is 10.4. The second kappa shape index (κ2) is 13.0. The highest BCUT2D eigenvalue weighted by atomic mass is 16.6. The Kier molecular flexibility index (Phi) is 9.29. The lowest BCUT2D eigenvalue weighted by molar-refractivity contribution is -0.143. The second-order valence-electron chi connectivity index (χ2n) is 10.4. The minimum atomic E-state index is -1.06. The van der Waals surface area contributed by atoms with Gasteiger partial charge in [0.05, 0.1) is 12.6 Å². The smallest absolute Gasteiger partial charge is 0.419 e. The zero-order valence-electron chi connectivity index (χ0n) is 23.6. The van der Waals surface area contributed by atoms with Gasteiger partial charge in [0.25, 0.3) is 0 Å². The first-order valence-electron chi connectivity index (χ1n) is 13.2. The number of rotatable bonds is 9. The molecular weight excluding hydrogens is 524 g/mol. The topological polar surface area (TPSA) is 105 Å². The Balaban J connectivity index is 1.59. The van der Waals surface area contributed by atoms with Crippen molar-refractivity contribution in [2.75, 3.05) is 7.11 Å². The Bertz CT molecular complexity index is 1490. The monoisotopic (exact) mass is 558 g/mol. The molecule has 1 heterocycles. The molecule has 41 heavy (non-hydrogen) atoms. The van der Waals surface area contributed by atoms with Gasteiger partial charge in [-0.25, -0.2) is 14.4 Å². The van der Waals surface area contributed by atoms with E-state index in [-0.39, 0.29) is 13.0 Å². The highest BCUT2D eigenvalue weighted by Gasteiger charge is 2.27. The van der Waals surface area contributed by atoms with Gasteiger partial charge in [0.1, 0.15) is 30.6 Å². The molecule has 0 unspecified atom stereocenters. The van der Waals surface area contributed by atoms with Crippen molar-refractivity contribution in [2.24, 2.45) is 0 Å². The summed E-state index contributed by atoms with van der Waals surface area (Å²) in [6.45, 7) is 5.74. The van der Waals surface area contributed by atoms with E-state index in [2.05, 4.69) is 5.32 Å². The van der Waals surface area contributed by atoms with E-state index in [1.165, 1.54) is 11.7 Å². The molecule has 4 rings (SSSR count). The fourth-order valence-electron chi connectivity index (χ4n) is 4.20. The largest absolute Gasteiger partial charge is 0.489 e. The van der Waals surface area contributed by atoms with Gasteiger partial charge in [0.2, 0.25) is 0 Å². The molecule has 4 aromatic rings. The van der Waals surface area contributed by atoms with E-state index in [1.807, 2.05) is 66.7 Å². The molecule has 0 radical (unpaired) electrons. The van der Waals surface area contributed by atoms with Crippen LogP contribution in [-0.2, 0) is 38.6 Å². The SMILES string of the molecule is COC(=O)[C@H](Cc1cn(C(=O)OC(C)(C)C)c2cc(OCc3ccccc3)ccc12)NC(=O)OCc1ccccc1. The van der Waals surface area contributed by atoms with Gasteiger partial charge in [0.15, 0.2) is 0 Å². The number of ether oxygens (including phenoxy) is 4. The molecule has 0 aliphatic rings. The Morgan fingerprint density at radius 3 is 2.12 bits per heavy atom. The van der Waals surface area contributed by atoms with Crippen molar-refractivity contribution in [3.05, 3.63) is 102 Å². The van der Waals surface area contributed by atoms with Crippen molar-refractivity contribution in [3.63, 3.8) is 0 Å². The van der Waals surface area contributed by atoms with E-state index < -0.39 is 29.8 Å². The summed E-state index contributed by atoms with van der Waals surface area (Å²) in [7, 11) is 1.24. The third kappa shape index (κ3) is 8.11. The highest BCUT2D eigenvalue weighted by Crippen LogP contribution is 2.28. The maximum atomic E-state index is 13.2. The third-order valence-electron chi connectivity index (χ3n) is 6.11. The van der Waals surface area contributed by atoms with Crippen molar-refractivity contribution in [3.8, 4) is 5.75 Å². The number of methoxy groups -OCH3 is 1. The zero-order chi connectivity index (χ0) is 29.4. The summed E-state index contributed by atoms with van der Waals surface area (Å²) >= 11 is 0. The van der Waals surface area contributed by atoms with Crippen LogP contribution in [0.1, 0.15) is 37.5 Å². The molecule has 0 spiro atoms. The molecule has 0 fully saturated rings. The zero-order valence-corrected chi connectivity index (χ0v) is 23.6. The average molecular weight is 559 g/mol. The number of esters is 1. The summed E-state index contributed by atoms with van der Waals surface area (Å²) in [4.78, 5) is 38.4. The summed E-state index contributed by atoms with van der Waals surface area (Å²) in [6.07, 6.45) is 0.298. The van der Waals surface area contributed by atoms with Crippen molar-refractivity contribution >= 4 is 29.1 Å². The summed E-state index contributed by atoms with van der Waals surface area (Å²) in [5.74, 6) is -0.0920. The van der Waals surface area contributed by atoms with E-state index in [0.717, 1.165) is 11.1 Å². The molecular formula is C32H34N2O7. The third-order valence-corrected chi connectivity index (χ3v) is 6.11. The van der Waals surface area contributed by atoms with E-state index in [4.69, 9.17) is 18.9 Å². The maximum Gasteiger partial charge on any atom is 0.419 e. The standard InChI is InChI=1S/C32H34N2O7/c1-32(2,3)41-31(37)34-19-24(26-16-15-25(18-28(26)34)39-20-22-11-7-5-8-12-22)17-27(29(35)38-4)33-30(36)40-21-23-13-9-6-10-14-23/h5-16,18-19,27H,17,20-21H2,1-4H3,(H,33,36)/t27-/m0/s1. The van der Waals surface area contributed by atoms with Gasteiger partial charge in [0, 0.05) is 24.1 Å². The van der Waals surface area contributed by atoms with Crippen LogP contribution in [0.3, 0.4) is 0 Å². The van der Waals surface area contributed by atoms with Crippen LogP contribution in [-0.4, -0.2) is 41.5 Å². The number of nitrogens with one attached hydrogen (secondary N) is 1. The first-order chi connectivity index (χ1) is 19.6. The minimum absolute atomic E-state index is 0.0453. The van der Waals surface area contributed by atoms with Gasteiger partial charge in [-0.15, -0.1) is 0 Å². The van der Waals surface area contributed by atoms with E-state index in [1.54, 1.807) is 39.1 Å². The first-order valence-corrected chi connectivity index (χ1v) is 13.2. The predicted molar refractivity (Wildman–Crippen MR) is 154 cm³/mol. The van der Waals surface area contributed by atoms with Crippen LogP contribution in [0, 0.1) is 0 Å². The van der Waals surface area contributed by atoms with Crippen LogP contribution in [0.4, 0.5) is 9.59 Å². The fourth-order valence-corrected chi connectivity index (χ4v) is 4.20. The van der Waals surface area contributed by atoms with Gasteiger partial charge < -0.3 is 24.3 Å². The van der Waals surface area contributed by atoms with Crippen molar-refractivity contribution < 1.29 is 33.3 Å². The van der Waals surface area contributed by atoms with Crippen LogP contribution in [0.2, 0.25) is 0 Å². The number of carbonyl (C=O) groups is 3. The van der Waals surface area contributed by atoms with Gasteiger partial charge >= 0.3 is 18.2 Å². The molecule has 3 aromatic carbocycles. The Morgan fingerprint density at radius 2 is 1.51 bits per heavy atom. The summed E-state index contributed by atoms with van der Waals surface area (Å²) in [6, 6.07) is 23.2. The highest BCUT2D eigenvalue weighted by molar-refractivity contribution is 5.93. The number of benzene rings is 3. The number of alkyl carbamates (subject to hydrolysis) is 1. The molecule has 214 valence electrons. The summed E-state index contributed by atoms with van der Waals surface area (Å²) in [5.41, 5.74) is 2.24. The number of nitrogens with zero attached hydrogens (tertiary/aromatic N) is 1. The van der Waals surface area contributed by atoms with Gasteiger partial charge in [-0.2, -0.15) is 0 Å². The first kappa shape index (κ1) is 29.2. The van der Waals surface area contributed by atoms with Crippen LogP contribution in [0.25, 0.3) is 10.9 Å². The molecule has 1 amide bonds. The van der Waals surface area contributed by atoms with Gasteiger partial charge in [-0.1, -0.05) is 60.7 Å². The lowest BCUT2D eigenvalue weighted by Gasteiger charge is -2.20. The van der Waals surface area contributed by atoms with Gasteiger partial charge in [-0.3, -0.25) is 4.57 Å². The molecule has 0 saturated carbocycles. The van der Waals surface area contributed by atoms with Gasteiger partial charge in [-0.05, 0) is 49.6 Å². The van der Waals surface area contributed by atoms with Crippen molar-refractivity contribution in [1.29, 1.82) is 0 Å². The maximum absolute atomic E-state index is 13.2. The van der Waals surface area contributed by atoms with Crippen LogP contribution in [0.5, 0.6) is 5.75 Å². The molecule has 1 N–H and O–H groups in total. The van der Waals surface area contributed by atoms with Crippen LogP contribution in [0.15, 0.2) is 85.1 Å². The van der Waals surface area contributed by atoms with E-state index in [0.29, 0.717) is 28.8 Å². The van der Waals surface area contributed by atoms with Crippen LogP contribution >= 0.6 is 0 Å². The lowest BCUT2D eigenvalue weighted by atomic mass is 10.0. The molecule has 0 saturated heterocycles.